The Balaban J connectivity index is 1.72. The van der Waals surface area contributed by atoms with Crippen LogP contribution in [0.25, 0.3) is 27.0 Å². The Hall–Kier alpha value is -3.98. The number of rotatable bonds is 8. The van der Waals surface area contributed by atoms with Crippen LogP contribution in [-0.2, 0) is 28.0 Å². The highest BCUT2D eigenvalue weighted by atomic mass is 32.2. The predicted octanol–water partition coefficient (Wildman–Crippen LogP) is 3.07. The van der Waals surface area contributed by atoms with Crippen molar-refractivity contribution < 1.29 is 31.1 Å². The summed E-state index contributed by atoms with van der Waals surface area (Å²) in [7, 11) is -2.85. The number of fused-ring (bicyclic) bond motifs is 1. The quantitative estimate of drug-likeness (QED) is 0.338. The van der Waals surface area contributed by atoms with Crippen LogP contribution in [0.4, 0.5) is 13.2 Å². The van der Waals surface area contributed by atoms with Crippen molar-refractivity contribution >= 4 is 37.5 Å². The second kappa shape index (κ2) is 10.6. The molecule has 4 rings (SSSR count). The summed E-state index contributed by atoms with van der Waals surface area (Å²) in [5, 5.41) is 0.470. The van der Waals surface area contributed by atoms with Crippen LogP contribution in [0.2, 0.25) is 0 Å². The van der Waals surface area contributed by atoms with E-state index in [1.165, 1.54) is 12.1 Å². The number of nitrogens with zero attached hydrogens (tertiary/aromatic N) is 3. The minimum Gasteiger partial charge on any atom is -0.483 e. The Bertz CT molecular complexity index is 1790. The van der Waals surface area contributed by atoms with E-state index in [-0.39, 0.29) is 17.2 Å². The van der Waals surface area contributed by atoms with Crippen LogP contribution in [0.3, 0.4) is 0 Å². The molecule has 0 aliphatic carbocycles. The summed E-state index contributed by atoms with van der Waals surface area (Å²) in [4.78, 5) is 37.4. The van der Waals surface area contributed by atoms with Crippen LogP contribution in [-0.4, -0.2) is 40.2 Å². The lowest BCUT2D eigenvalue weighted by Crippen LogP contribution is -2.40. The fraction of sp³-hybridized carbons (Fsp3) is 0.250. The van der Waals surface area contributed by atoms with Crippen molar-refractivity contribution in [3.05, 3.63) is 75.1 Å². The molecule has 0 aliphatic heterocycles. The lowest BCUT2D eigenvalue weighted by atomic mass is 10.1. The second-order valence-corrected chi connectivity index (χ2v) is 11.0. The number of sulfonamides is 1. The minimum atomic E-state index is -4.89. The molecule has 0 aliphatic rings. The van der Waals surface area contributed by atoms with E-state index in [2.05, 4.69) is 4.37 Å². The average molecular weight is 583 g/mol. The van der Waals surface area contributed by atoms with E-state index in [1.54, 1.807) is 37.3 Å². The Labute approximate surface area is 223 Å². The molecular weight excluding hydrogens is 561 g/mol. The maximum absolute atomic E-state index is 13.2. The summed E-state index contributed by atoms with van der Waals surface area (Å²) in [5.74, 6) is -0.866. The molecule has 0 saturated heterocycles. The Morgan fingerprint density at radius 2 is 1.85 bits per heavy atom. The van der Waals surface area contributed by atoms with Gasteiger partial charge in [0.25, 0.3) is 11.5 Å². The number of hydrogen-bond donors (Lipinski definition) is 1. The average Bonchev–Trinajstić information content (AvgIpc) is 3.27. The molecule has 15 heteroatoms. The zero-order valence-corrected chi connectivity index (χ0v) is 22.1. The van der Waals surface area contributed by atoms with Crippen LogP contribution in [0.15, 0.2) is 58.1 Å². The molecule has 0 fully saturated rings. The third kappa shape index (κ3) is 5.88. The van der Waals surface area contributed by atoms with Crippen LogP contribution in [0, 0.1) is 0 Å². The Morgan fingerprint density at radius 1 is 1.13 bits per heavy atom. The summed E-state index contributed by atoms with van der Waals surface area (Å²) in [6.07, 6.45) is -4.56. The number of carbonyl (C=O) groups excluding carboxylic acids is 1. The van der Waals surface area contributed by atoms with Crippen molar-refractivity contribution in [1.82, 2.24) is 18.2 Å². The molecule has 2 heterocycles. The van der Waals surface area contributed by atoms with Gasteiger partial charge in [0.2, 0.25) is 10.0 Å². The van der Waals surface area contributed by atoms with E-state index in [9.17, 15) is 36.0 Å². The molecule has 1 amide bonds. The van der Waals surface area contributed by atoms with Crippen molar-refractivity contribution in [3.8, 4) is 22.7 Å². The van der Waals surface area contributed by atoms with Gasteiger partial charge in [0, 0.05) is 24.1 Å². The fourth-order valence-corrected chi connectivity index (χ4v) is 5.66. The van der Waals surface area contributed by atoms with Gasteiger partial charge in [-0.15, -0.1) is 0 Å². The summed E-state index contributed by atoms with van der Waals surface area (Å²) in [6.45, 7) is 1.07. The summed E-state index contributed by atoms with van der Waals surface area (Å²) in [6, 6.07) is 11.3. The molecule has 2 aromatic heterocycles. The topological polar surface area (TPSA) is 129 Å². The molecule has 1 N–H and O–H groups in total. The monoisotopic (exact) mass is 582 g/mol. The van der Waals surface area contributed by atoms with E-state index in [1.807, 2.05) is 4.72 Å². The second-order valence-electron chi connectivity index (χ2n) is 8.38. The number of alkyl halides is 3. The lowest BCUT2D eigenvalue weighted by molar-refractivity contribution is -0.144. The predicted molar refractivity (Wildman–Crippen MR) is 139 cm³/mol. The molecular formula is C24H21F3N4O6S2. The largest absolute Gasteiger partial charge is 0.483 e. The molecule has 0 radical (unpaired) electrons. The molecule has 0 spiro atoms. The summed E-state index contributed by atoms with van der Waals surface area (Å²) >= 11 is 1.09. The molecule has 10 nitrogen and oxygen atoms in total. The number of hydrogen-bond acceptors (Lipinski definition) is 8. The van der Waals surface area contributed by atoms with Gasteiger partial charge in [-0.25, -0.2) is 17.8 Å². The number of ether oxygens (including phenoxy) is 1. The first-order valence-corrected chi connectivity index (χ1v) is 13.8. The van der Waals surface area contributed by atoms with E-state index < -0.39 is 45.7 Å². The first kappa shape index (κ1) is 28.0. The molecule has 0 unspecified atom stereocenters. The molecule has 2 aromatic carbocycles. The molecule has 39 heavy (non-hydrogen) atoms. The van der Waals surface area contributed by atoms with Crippen LogP contribution in [0.5, 0.6) is 5.75 Å². The van der Waals surface area contributed by atoms with E-state index in [0.717, 1.165) is 18.6 Å². The number of aromatic nitrogens is 3. The van der Waals surface area contributed by atoms with E-state index >= 15 is 0 Å². The number of halogens is 3. The highest BCUT2D eigenvalue weighted by Gasteiger charge is 2.35. The van der Waals surface area contributed by atoms with Gasteiger partial charge in [-0.05, 0) is 48.3 Å². The summed E-state index contributed by atoms with van der Waals surface area (Å²) in [5.41, 5.74) is -2.87. The SMILES string of the molecule is CCCS(=O)(=O)NC(=O)COc1ccccc1-c1nsc2ccc(-n3c(=O)cc(C(F)(F)F)n(C)c3=O)cc12. The van der Waals surface area contributed by atoms with Gasteiger partial charge >= 0.3 is 11.9 Å². The van der Waals surface area contributed by atoms with Crippen LogP contribution >= 0.6 is 11.5 Å². The smallest absolute Gasteiger partial charge is 0.431 e. The third-order valence-corrected chi connectivity index (χ3v) is 7.88. The number of nitrogens with one attached hydrogen (secondary N) is 1. The van der Waals surface area contributed by atoms with Crippen molar-refractivity contribution in [1.29, 1.82) is 0 Å². The Morgan fingerprint density at radius 3 is 2.54 bits per heavy atom. The van der Waals surface area contributed by atoms with Crippen molar-refractivity contribution in [2.24, 2.45) is 7.05 Å². The zero-order chi connectivity index (χ0) is 28.5. The van der Waals surface area contributed by atoms with Gasteiger partial charge in [0.1, 0.15) is 11.4 Å². The van der Waals surface area contributed by atoms with Gasteiger partial charge < -0.3 is 4.74 Å². The molecule has 0 bridgehead atoms. The number of amides is 1. The van der Waals surface area contributed by atoms with E-state index in [4.69, 9.17) is 4.74 Å². The Kier molecular flexibility index (Phi) is 7.66. The fourth-order valence-electron chi connectivity index (χ4n) is 3.85. The van der Waals surface area contributed by atoms with Crippen LogP contribution in [0.1, 0.15) is 19.0 Å². The standard InChI is InChI=1S/C24H21F3N4O6S2/c1-3-10-39(35,36)29-20(32)13-37-17-7-5-4-6-15(17)22-16-11-14(8-9-18(16)38-28-22)31-21(33)12-19(24(25,26)27)30(2)23(31)34/h4-9,11-12H,3,10,13H2,1-2H3,(H,29,32). The van der Waals surface area contributed by atoms with E-state index in [0.29, 0.717) is 43.0 Å². The van der Waals surface area contributed by atoms with Gasteiger partial charge in [-0.3, -0.25) is 18.9 Å². The first-order valence-electron chi connectivity index (χ1n) is 11.4. The molecule has 4 aromatic rings. The van der Waals surface area contributed by atoms with Gasteiger partial charge in [-0.1, -0.05) is 19.1 Å². The van der Waals surface area contributed by atoms with Crippen molar-refractivity contribution in [3.63, 3.8) is 0 Å². The number of benzene rings is 2. The first-order chi connectivity index (χ1) is 18.3. The maximum atomic E-state index is 13.2. The van der Waals surface area contributed by atoms with Gasteiger partial charge in [0.05, 0.1) is 21.8 Å². The number of carbonyl (C=O) groups is 1. The maximum Gasteiger partial charge on any atom is 0.431 e. The number of para-hydroxylation sites is 1. The van der Waals surface area contributed by atoms with Crippen molar-refractivity contribution in [2.75, 3.05) is 12.4 Å². The molecule has 0 saturated carbocycles. The van der Waals surface area contributed by atoms with Gasteiger partial charge in [-0.2, -0.15) is 17.5 Å². The molecule has 206 valence electrons. The highest BCUT2D eigenvalue weighted by molar-refractivity contribution is 7.90. The molecule has 0 atom stereocenters. The lowest BCUT2D eigenvalue weighted by Gasteiger charge is -2.14. The third-order valence-electron chi connectivity index (χ3n) is 5.57. The zero-order valence-electron chi connectivity index (χ0n) is 20.5. The summed E-state index contributed by atoms with van der Waals surface area (Å²) < 4.78 is 76.9. The van der Waals surface area contributed by atoms with Crippen molar-refractivity contribution in [2.45, 2.75) is 19.5 Å². The highest BCUT2D eigenvalue weighted by Crippen LogP contribution is 2.37. The van der Waals surface area contributed by atoms with Crippen LogP contribution < -0.4 is 20.7 Å². The minimum absolute atomic E-state index is 0.0298. The van der Waals surface area contributed by atoms with Gasteiger partial charge in [0.15, 0.2) is 6.61 Å². The normalized spacial score (nSPS) is 12.0.